The van der Waals surface area contributed by atoms with Crippen LogP contribution in [0.4, 0.5) is 0 Å². The molecule has 0 amide bonds. The lowest BCUT2D eigenvalue weighted by molar-refractivity contribution is 0.214. The molecule has 0 heterocycles. The number of benzene rings is 1. The third-order valence-electron chi connectivity index (χ3n) is 3.82. The van der Waals surface area contributed by atoms with Crippen molar-refractivity contribution in [3.63, 3.8) is 0 Å². The molecule has 0 saturated heterocycles. The third kappa shape index (κ3) is 4.78. The summed E-state index contributed by atoms with van der Waals surface area (Å²) in [6.07, 6.45) is 9.80. The molecule has 0 aromatic heterocycles. The van der Waals surface area contributed by atoms with Crippen LogP contribution in [0.5, 0.6) is 11.5 Å². The Bertz CT molecular complexity index is 470. The second kappa shape index (κ2) is 8.08. The van der Waals surface area contributed by atoms with Crippen molar-refractivity contribution in [2.75, 3.05) is 6.61 Å². The lowest BCUT2D eigenvalue weighted by Gasteiger charge is -2.21. The molecule has 116 valence electrons. The molecular weight excluding hydrogens is 262 g/mol. The highest BCUT2D eigenvalue weighted by Gasteiger charge is 2.14. The summed E-state index contributed by atoms with van der Waals surface area (Å²) in [6.45, 7) is 4.75. The van der Waals surface area contributed by atoms with Crippen LogP contribution >= 0.6 is 0 Å². The molecule has 0 radical (unpaired) electrons. The molecular formula is C18H27NO2. The van der Waals surface area contributed by atoms with Crippen LogP contribution in [-0.4, -0.2) is 18.8 Å². The van der Waals surface area contributed by atoms with Crippen molar-refractivity contribution in [1.82, 2.24) is 0 Å². The quantitative estimate of drug-likeness (QED) is 0.775. The van der Waals surface area contributed by atoms with Crippen LogP contribution in [-0.2, 0) is 6.42 Å². The van der Waals surface area contributed by atoms with Crippen LogP contribution in [0.2, 0.25) is 0 Å². The Hall–Kier alpha value is -1.48. The van der Waals surface area contributed by atoms with E-state index in [-0.39, 0.29) is 12.1 Å². The fourth-order valence-corrected chi connectivity index (χ4v) is 2.53. The van der Waals surface area contributed by atoms with Crippen LogP contribution in [0.25, 0.3) is 0 Å². The molecule has 3 nitrogen and oxygen atoms in total. The molecule has 1 aliphatic carbocycles. The number of allylic oxidation sites excluding steroid dienone is 1. The normalized spacial score (nSPS) is 19.3. The van der Waals surface area contributed by atoms with Gasteiger partial charge in [0.05, 0.1) is 6.61 Å². The van der Waals surface area contributed by atoms with E-state index in [1.807, 2.05) is 13.0 Å². The monoisotopic (exact) mass is 289 g/mol. The Balaban J connectivity index is 2.11. The Morgan fingerprint density at radius 1 is 1.29 bits per heavy atom. The van der Waals surface area contributed by atoms with Crippen molar-refractivity contribution >= 4 is 0 Å². The number of hydrogen-bond acceptors (Lipinski definition) is 3. The van der Waals surface area contributed by atoms with Gasteiger partial charge in [-0.25, -0.2) is 0 Å². The van der Waals surface area contributed by atoms with E-state index >= 15 is 0 Å². The second-order valence-corrected chi connectivity index (χ2v) is 5.60. The summed E-state index contributed by atoms with van der Waals surface area (Å²) in [6, 6.07) is 6.39. The average Bonchev–Trinajstić information content (AvgIpc) is 2.51. The zero-order valence-corrected chi connectivity index (χ0v) is 13.2. The molecule has 2 atom stereocenters. The van der Waals surface area contributed by atoms with Crippen LogP contribution < -0.4 is 15.2 Å². The maximum absolute atomic E-state index is 6.08. The maximum atomic E-state index is 6.08. The summed E-state index contributed by atoms with van der Waals surface area (Å²) in [5.41, 5.74) is 7.24. The molecule has 1 aliphatic rings. The van der Waals surface area contributed by atoms with Gasteiger partial charge in [0.2, 0.25) is 0 Å². The van der Waals surface area contributed by atoms with Gasteiger partial charge in [-0.2, -0.15) is 0 Å². The first-order chi connectivity index (χ1) is 10.2. The highest BCUT2D eigenvalue weighted by atomic mass is 16.5. The molecule has 0 fully saturated rings. The lowest BCUT2D eigenvalue weighted by Crippen LogP contribution is -2.21. The molecule has 3 heteroatoms. The van der Waals surface area contributed by atoms with E-state index in [4.69, 9.17) is 15.2 Å². The molecule has 1 aromatic rings. The van der Waals surface area contributed by atoms with Gasteiger partial charge in [-0.05, 0) is 62.8 Å². The molecule has 0 bridgehead atoms. The van der Waals surface area contributed by atoms with Crippen molar-refractivity contribution in [3.05, 3.63) is 35.9 Å². The zero-order chi connectivity index (χ0) is 15.1. The van der Waals surface area contributed by atoms with Gasteiger partial charge in [0.15, 0.2) is 11.5 Å². The Labute approximate surface area is 128 Å². The van der Waals surface area contributed by atoms with E-state index in [1.54, 1.807) is 0 Å². The number of ether oxygens (including phenoxy) is 2. The number of rotatable bonds is 7. The minimum absolute atomic E-state index is 0.168. The Morgan fingerprint density at radius 3 is 2.81 bits per heavy atom. The van der Waals surface area contributed by atoms with E-state index in [0.717, 1.165) is 37.2 Å². The van der Waals surface area contributed by atoms with E-state index < -0.39 is 0 Å². The van der Waals surface area contributed by atoms with Gasteiger partial charge in [0.25, 0.3) is 0 Å². The molecule has 0 spiro atoms. The maximum Gasteiger partial charge on any atom is 0.162 e. The van der Waals surface area contributed by atoms with Crippen LogP contribution in [0.3, 0.4) is 0 Å². The fourth-order valence-electron chi connectivity index (χ4n) is 2.53. The third-order valence-corrected chi connectivity index (χ3v) is 3.82. The largest absolute Gasteiger partial charge is 0.490 e. The van der Waals surface area contributed by atoms with Crippen molar-refractivity contribution in [3.8, 4) is 11.5 Å². The van der Waals surface area contributed by atoms with Gasteiger partial charge in [-0.1, -0.05) is 19.1 Å². The Morgan fingerprint density at radius 2 is 2.14 bits per heavy atom. The fraction of sp³-hybridized carbons (Fsp3) is 0.556. The van der Waals surface area contributed by atoms with E-state index in [0.29, 0.717) is 6.61 Å². The summed E-state index contributed by atoms with van der Waals surface area (Å²) >= 11 is 0. The van der Waals surface area contributed by atoms with Gasteiger partial charge in [-0.15, -0.1) is 0 Å². The Kier molecular flexibility index (Phi) is 6.12. The minimum atomic E-state index is 0.168. The van der Waals surface area contributed by atoms with E-state index in [1.165, 1.54) is 12.0 Å². The minimum Gasteiger partial charge on any atom is -0.490 e. The van der Waals surface area contributed by atoms with Crippen molar-refractivity contribution in [2.45, 2.75) is 58.1 Å². The summed E-state index contributed by atoms with van der Waals surface area (Å²) in [5, 5.41) is 0. The lowest BCUT2D eigenvalue weighted by atomic mass is 10.0. The van der Waals surface area contributed by atoms with E-state index in [9.17, 15) is 0 Å². The van der Waals surface area contributed by atoms with Gasteiger partial charge in [-0.3, -0.25) is 0 Å². The first-order valence-corrected chi connectivity index (χ1v) is 8.07. The van der Waals surface area contributed by atoms with Crippen LogP contribution in [0.15, 0.2) is 30.4 Å². The van der Waals surface area contributed by atoms with Gasteiger partial charge in [0, 0.05) is 6.04 Å². The molecule has 1 aromatic carbocycles. The predicted molar refractivity (Wildman–Crippen MR) is 87.0 cm³/mol. The van der Waals surface area contributed by atoms with E-state index in [2.05, 4.69) is 31.2 Å². The summed E-state index contributed by atoms with van der Waals surface area (Å²) in [4.78, 5) is 0. The SMILES string of the molecule is CCOc1cc(CC(N)CC)ccc1OC1C=CCCC1. The van der Waals surface area contributed by atoms with Crippen molar-refractivity contribution in [2.24, 2.45) is 5.73 Å². The molecule has 21 heavy (non-hydrogen) atoms. The summed E-state index contributed by atoms with van der Waals surface area (Å²) in [5.74, 6) is 1.67. The standard InChI is InChI=1S/C18H27NO2/c1-3-15(19)12-14-10-11-17(18(13-14)20-4-2)21-16-8-6-5-7-9-16/h6,8,10-11,13,15-16H,3-5,7,9,12,19H2,1-2H3. The molecule has 0 saturated carbocycles. The highest BCUT2D eigenvalue weighted by Crippen LogP contribution is 2.31. The van der Waals surface area contributed by atoms with Gasteiger partial charge < -0.3 is 15.2 Å². The predicted octanol–water partition coefficient (Wildman–Crippen LogP) is 3.85. The second-order valence-electron chi connectivity index (χ2n) is 5.60. The molecule has 2 N–H and O–H groups in total. The number of nitrogens with two attached hydrogens (primary N) is 1. The highest BCUT2D eigenvalue weighted by molar-refractivity contribution is 5.43. The smallest absolute Gasteiger partial charge is 0.162 e. The van der Waals surface area contributed by atoms with Crippen molar-refractivity contribution in [1.29, 1.82) is 0 Å². The average molecular weight is 289 g/mol. The van der Waals surface area contributed by atoms with Crippen LogP contribution in [0.1, 0.15) is 45.1 Å². The van der Waals surface area contributed by atoms with Crippen molar-refractivity contribution < 1.29 is 9.47 Å². The first-order valence-electron chi connectivity index (χ1n) is 8.07. The topological polar surface area (TPSA) is 44.5 Å². The first kappa shape index (κ1) is 15.9. The summed E-state index contributed by atoms with van der Waals surface area (Å²) < 4.78 is 11.8. The zero-order valence-electron chi connectivity index (χ0n) is 13.2. The molecule has 2 unspecified atom stereocenters. The number of hydrogen-bond donors (Lipinski definition) is 1. The van der Waals surface area contributed by atoms with Gasteiger partial charge >= 0.3 is 0 Å². The summed E-state index contributed by atoms with van der Waals surface area (Å²) in [7, 11) is 0. The van der Waals surface area contributed by atoms with Gasteiger partial charge in [0.1, 0.15) is 6.10 Å². The molecule has 0 aliphatic heterocycles. The molecule has 2 rings (SSSR count). The van der Waals surface area contributed by atoms with Crippen LogP contribution in [0, 0.1) is 0 Å².